The number of carbonyl (C=O) groups is 3. The van der Waals surface area contributed by atoms with Gasteiger partial charge in [0.1, 0.15) is 6.54 Å². The van der Waals surface area contributed by atoms with E-state index in [-0.39, 0.29) is 35.1 Å². The fourth-order valence-corrected chi connectivity index (χ4v) is 8.76. The maximum atomic E-state index is 14.1. The van der Waals surface area contributed by atoms with Crippen LogP contribution in [0.1, 0.15) is 84.3 Å². The number of ketones is 1. The fraction of sp³-hybridized carbons (Fsp3) is 0.348. The van der Waals surface area contributed by atoms with E-state index in [1.165, 1.54) is 0 Å². The van der Waals surface area contributed by atoms with Crippen molar-refractivity contribution in [2.75, 3.05) is 24.6 Å². The highest BCUT2D eigenvalue weighted by Gasteiger charge is 2.47. The van der Waals surface area contributed by atoms with Crippen molar-refractivity contribution in [1.29, 1.82) is 0 Å². The number of hydrogen-bond acceptors (Lipinski definition) is 6. The number of Topliss-reactive ketones (excluding diaryl/α,β-unsaturated/α-hetero) is 1. The molecule has 1 N–H and O–H groups in total. The summed E-state index contributed by atoms with van der Waals surface area (Å²) in [5.74, 6) is -1.59. The van der Waals surface area contributed by atoms with Crippen molar-refractivity contribution in [3.8, 4) is 0 Å². The number of ether oxygens (including phenoxy) is 1. The van der Waals surface area contributed by atoms with E-state index in [0.29, 0.717) is 45.4 Å². The molecule has 278 valence electrons. The molecule has 0 atom stereocenters. The van der Waals surface area contributed by atoms with Gasteiger partial charge in [-0.3, -0.25) is 14.4 Å². The Morgan fingerprint density at radius 2 is 1.46 bits per heavy atom. The van der Waals surface area contributed by atoms with Gasteiger partial charge in [0.15, 0.2) is 11.5 Å². The zero-order valence-corrected chi connectivity index (χ0v) is 31.8. The number of carboxylic acids is 1. The molecule has 2 aliphatic heterocycles. The standard InChI is InChI=1S/C46H48N2O6/c1-6-54-40(51)20-12-14-26-48-36-24-22-30-16-8-10-18-32(30)42(36)46(4,5)38(48)28-34-43(52)33(44(34)53)27-37-45(2,3)41-31-17-9-7-15-29(31)21-23-35(41)47(37)25-13-11-19-39(49)50/h7-10,15-18,21-24,27-28H,6,11-14,19-20,25-26H2,1-5H3,(H-,49,50,52,53). The highest BCUT2D eigenvalue weighted by molar-refractivity contribution is 6.24. The van der Waals surface area contributed by atoms with Gasteiger partial charge in [-0.2, -0.15) is 4.58 Å². The van der Waals surface area contributed by atoms with Crippen molar-refractivity contribution in [1.82, 2.24) is 0 Å². The van der Waals surface area contributed by atoms with Crippen LogP contribution in [0.4, 0.5) is 11.4 Å². The Bertz CT molecular complexity index is 2340. The lowest BCUT2D eigenvalue weighted by atomic mass is 9.76. The van der Waals surface area contributed by atoms with Crippen LogP contribution in [0.5, 0.6) is 0 Å². The van der Waals surface area contributed by atoms with E-state index >= 15 is 0 Å². The van der Waals surface area contributed by atoms with Crippen LogP contribution >= 0.6 is 0 Å². The molecule has 0 unspecified atom stereocenters. The predicted molar refractivity (Wildman–Crippen MR) is 211 cm³/mol. The van der Waals surface area contributed by atoms with Gasteiger partial charge in [0.05, 0.1) is 12.0 Å². The second-order valence-corrected chi connectivity index (χ2v) is 15.6. The van der Waals surface area contributed by atoms with Crippen molar-refractivity contribution in [3.63, 3.8) is 0 Å². The highest BCUT2D eigenvalue weighted by atomic mass is 16.5. The van der Waals surface area contributed by atoms with Crippen LogP contribution in [0, 0.1) is 0 Å². The van der Waals surface area contributed by atoms with Crippen LogP contribution in [0.2, 0.25) is 0 Å². The summed E-state index contributed by atoms with van der Waals surface area (Å²) in [5.41, 5.74) is 5.38. The largest absolute Gasteiger partial charge is 0.871 e. The molecule has 2 heterocycles. The number of esters is 1. The number of carboxylic acid groups (broad SMARTS) is 1. The van der Waals surface area contributed by atoms with E-state index in [0.717, 1.165) is 61.9 Å². The van der Waals surface area contributed by atoms with E-state index < -0.39 is 16.8 Å². The second-order valence-electron chi connectivity index (χ2n) is 15.6. The van der Waals surface area contributed by atoms with E-state index in [1.807, 2.05) is 24.3 Å². The third-order valence-electron chi connectivity index (χ3n) is 11.4. The Morgan fingerprint density at radius 3 is 2.13 bits per heavy atom. The molecule has 4 aromatic rings. The molecule has 0 saturated carbocycles. The van der Waals surface area contributed by atoms with Crippen LogP contribution in [0.3, 0.4) is 0 Å². The topological polar surface area (TPSA) is 110 Å². The Morgan fingerprint density at radius 1 is 0.815 bits per heavy atom. The monoisotopic (exact) mass is 724 g/mol. The average Bonchev–Trinajstić information content (AvgIpc) is 3.50. The molecule has 4 aromatic carbocycles. The molecular formula is C46H48N2O6. The summed E-state index contributed by atoms with van der Waals surface area (Å²) in [7, 11) is 0. The zero-order valence-electron chi connectivity index (χ0n) is 31.8. The van der Waals surface area contributed by atoms with Gasteiger partial charge in [0.2, 0.25) is 5.69 Å². The first kappa shape index (κ1) is 36.8. The van der Waals surface area contributed by atoms with Crippen molar-refractivity contribution < 1.29 is 33.9 Å². The van der Waals surface area contributed by atoms with E-state index in [1.54, 1.807) is 19.1 Å². The van der Waals surface area contributed by atoms with Gasteiger partial charge in [0.25, 0.3) is 0 Å². The van der Waals surface area contributed by atoms with Crippen molar-refractivity contribution in [3.05, 3.63) is 119 Å². The van der Waals surface area contributed by atoms with Gasteiger partial charge < -0.3 is 19.8 Å². The molecule has 0 amide bonds. The van der Waals surface area contributed by atoms with Crippen molar-refractivity contribution >= 4 is 56.4 Å². The normalized spacial score (nSPS) is 18.5. The predicted octanol–water partition coefficient (Wildman–Crippen LogP) is 8.16. The molecule has 0 radical (unpaired) electrons. The maximum Gasteiger partial charge on any atom is 0.305 e. The molecule has 54 heavy (non-hydrogen) atoms. The average molecular weight is 725 g/mol. The smallest absolute Gasteiger partial charge is 0.305 e. The third-order valence-corrected chi connectivity index (χ3v) is 11.4. The summed E-state index contributed by atoms with van der Waals surface area (Å²) in [5, 5.41) is 27.9. The molecule has 1 aliphatic carbocycles. The SMILES string of the molecule is CCOC(=O)CCCC[N+]1=C(/C=C2\C(=O)C(/C=C3/N(CCCCC(=O)O)c4ccc5ccccc5c4C3(C)C)=C2[O-])C(C)(C)c2c1ccc1ccccc21. The molecule has 3 aliphatic rings. The van der Waals surface area contributed by atoms with Crippen LogP contribution in [-0.4, -0.2) is 52.8 Å². The summed E-state index contributed by atoms with van der Waals surface area (Å²) in [6, 6.07) is 24.9. The van der Waals surface area contributed by atoms with Gasteiger partial charge in [-0.1, -0.05) is 74.2 Å². The number of benzene rings is 4. The zero-order chi connectivity index (χ0) is 38.4. The number of unbranched alkanes of at least 4 members (excludes halogenated alkanes) is 2. The number of allylic oxidation sites excluding steroid dienone is 5. The van der Waals surface area contributed by atoms with Gasteiger partial charge >= 0.3 is 11.9 Å². The lowest BCUT2D eigenvalue weighted by molar-refractivity contribution is -0.438. The first-order valence-corrected chi connectivity index (χ1v) is 19.1. The lowest BCUT2D eigenvalue weighted by Crippen LogP contribution is -2.35. The van der Waals surface area contributed by atoms with Crippen molar-refractivity contribution in [2.45, 2.75) is 84.0 Å². The maximum absolute atomic E-state index is 14.1. The second kappa shape index (κ2) is 14.4. The number of carbonyl (C=O) groups excluding carboxylic acids is 2. The van der Waals surface area contributed by atoms with Gasteiger partial charge in [-0.05, 0) is 85.4 Å². The van der Waals surface area contributed by atoms with E-state index in [9.17, 15) is 24.6 Å². The first-order chi connectivity index (χ1) is 25.9. The summed E-state index contributed by atoms with van der Waals surface area (Å²) < 4.78 is 7.36. The first-order valence-electron chi connectivity index (χ1n) is 19.1. The molecule has 0 bridgehead atoms. The number of hydrogen-bond donors (Lipinski definition) is 1. The Balaban J connectivity index is 1.28. The molecule has 0 spiro atoms. The molecule has 0 aromatic heterocycles. The number of fused-ring (bicyclic) bond motifs is 6. The van der Waals surface area contributed by atoms with Gasteiger partial charge in [-0.15, -0.1) is 0 Å². The van der Waals surface area contributed by atoms with Gasteiger partial charge in [-0.25, -0.2) is 0 Å². The van der Waals surface area contributed by atoms with Crippen LogP contribution in [0.25, 0.3) is 21.5 Å². The van der Waals surface area contributed by atoms with E-state index in [4.69, 9.17) is 4.74 Å². The fourth-order valence-electron chi connectivity index (χ4n) is 8.76. The summed E-state index contributed by atoms with van der Waals surface area (Å²) in [6.07, 6.45) is 6.56. The number of aliphatic carboxylic acids is 1. The highest BCUT2D eigenvalue weighted by Crippen LogP contribution is 2.52. The molecule has 8 nitrogen and oxygen atoms in total. The molecule has 0 saturated heterocycles. The Labute approximate surface area is 316 Å². The third kappa shape index (κ3) is 6.31. The minimum atomic E-state index is -0.825. The van der Waals surface area contributed by atoms with Crippen molar-refractivity contribution in [2.24, 2.45) is 0 Å². The summed E-state index contributed by atoms with van der Waals surface area (Å²) >= 11 is 0. The Kier molecular flexibility index (Phi) is 9.81. The lowest BCUT2D eigenvalue weighted by Gasteiger charge is -2.33. The minimum absolute atomic E-state index is 0.0839. The molecule has 8 heteroatoms. The number of nitrogens with zero attached hydrogens (tertiary/aromatic N) is 2. The van der Waals surface area contributed by atoms with Gasteiger partial charge in [0, 0.05) is 71.5 Å². The molecule has 0 fully saturated rings. The number of anilines is 1. The quantitative estimate of drug-likeness (QED) is 0.0642. The summed E-state index contributed by atoms with van der Waals surface area (Å²) in [4.78, 5) is 39.7. The Hall–Kier alpha value is -5.50. The van der Waals surface area contributed by atoms with Crippen LogP contribution in [-0.2, 0) is 30.0 Å². The van der Waals surface area contributed by atoms with Crippen LogP contribution < -0.4 is 10.0 Å². The minimum Gasteiger partial charge on any atom is -0.871 e. The summed E-state index contributed by atoms with van der Waals surface area (Å²) in [6.45, 7) is 11.9. The molecular weight excluding hydrogens is 677 g/mol. The van der Waals surface area contributed by atoms with E-state index in [2.05, 4.69) is 85.7 Å². The molecule has 7 rings (SSSR count). The van der Waals surface area contributed by atoms with Crippen LogP contribution in [0.15, 0.2) is 108 Å². The number of rotatable bonds is 13.